The van der Waals surface area contributed by atoms with Crippen LogP contribution in [0.2, 0.25) is 0 Å². The number of hydrogen-bond acceptors (Lipinski definition) is 3. The zero-order chi connectivity index (χ0) is 17.8. The first-order valence-corrected chi connectivity index (χ1v) is 10.6. The molecule has 1 aromatic rings. The summed E-state index contributed by atoms with van der Waals surface area (Å²) in [4.78, 5) is 9.48. The lowest BCUT2D eigenvalue weighted by Crippen LogP contribution is -2.44. The number of rotatable bonds is 13. The van der Waals surface area contributed by atoms with E-state index < -0.39 is 13.3 Å². The summed E-state index contributed by atoms with van der Waals surface area (Å²) < 4.78 is 11.5. The van der Waals surface area contributed by atoms with Gasteiger partial charge in [-0.3, -0.25) is 9.88 Å². The maximum atomic E-state index is 11.5. The van der Waals surface area contributed by atoms with E-state index in [9.17, 15) is 14.6 Å². The molecule has 0 aromatic heterocycles. The third-order valence-electron chi connectivity index (χ3n) is 4.76. The highest BCUT2D eigenvalue weighted by atomic mass is 31.1. The summed E-state index contributed by atoms with van der Waals surface area (Å²) in [7, 11) is -2.84. The van der Waals surface area contributed by atoms with Crippen molar-refractivity contribution in [2.75, 3.05) is 6.61 Å². The minimum absolute atomic E-state index is 0.325. The van der Waals surface area contributed by atoms with Gasteiger partial charge in [-0.15, -0.1) is 0 Å². The lowest BCUT2D eigenvalue weighted by Gasteiger charge is -2.29. The lowest BCUT2D eigenvalue weighted by molar-refractivity contribution is 0.203. The van der Waals surface area contributed by atoms with Gasteiger partial charge >= 0.3 is 0 Å². The average molecular weight is 355 g/mol. The summed E-state index contributed by atoms with van der Waals surface area (Å²) in [5, 5.41) is 11.5. The van der Waals surface area contributed by atoms with E-state index in [4.69, 9.17) is 0 Å². The zero-order valence-corrected chi connectivity index (χ0v) is 16.2. The van der Waals surface area contributed by atoms with Crippen molar-refractivity contribution >= 4 is 8.03 Å². The van der Waals surface area contributed by atoms with Crippen LogP contribution in [0.25, 0.3) is 0 Å². The smallest absolute Gasteiger partial charge is 0.210 e. The van der Waals surface area contributed by atoms with Crippen molar-refractivity contribution in [3.8, 4) is 0 Å². The molecule has 0 fully saturated rings. The highest BCUT2D eigenvalue weighted by molar-refractivity contribution is 7.40. The van der Waals surface area contributed by atoms with Gasteiger partial charge in [0.15, 0.2) is 0 Å². The lowest BCUT2D eigenvalue weighted by atomic mass is 10.0. The molecule has 24 heavy (non-hydrogen) atoms. The van der Waals surface area contributed by atoms with Crippen LogP contribution in [0.3, 0.4) is 0 Å². The first kappa shape index (κ1) is 21.4. The van der Waals surface area contributed by atoms with Crippen LogP contribution in [-0.4, -0.2) is 21.9 Å². The molecule has 3 N–H and O–H groups in total. The van der Waals surface area contributed by atoms with Crippen molar-refractivity contribution in [2.45, 2.75) is 77.0 Å². The normalized spacial score (nSPS) is 15.2. The summed E-state index contributed by atoms with van der Waals surface area (Å²) in [6.07, 6.45) is 9.37. The van der Waals surface area contributed by atoms with Crippen LogP contribution in [0.4, 0.5) is 0 Å². The Morgan fingerprint density at radius 1 is 1.00 bits per heavy atom. The number of benzene rings is 1. The molecular weight excluding hydrogens is 321 g/mol. The second-order valence-electron chi connectivity index (χ2n) is 6.59. The Bertz CT molecular complexity index is 472. The molecule has 4 nitrogen and oxygen atoms in total. The van der Waals surface area contributed by atoms with Gasteiger partial charge in [0.1, 0.15) is 5.28 Å². The molecule has 2 atom stereocenters. The SMILES string of the molecule is CCCCCCCCc1ccc(CNC(CC)(CO)[PH](=O)O)cc1. The number of aliphatic hydroxyl groups is 1. The Balaban J connectivity index is 2.40. The van der Waals surface area contributed by atoms with Crippen molar-refractivity contribution < 1.29 is 14.6 Å². The van der Waals surface area contributed by atoms with E-state index in [1.165, 1.54) is 44.1 Å². The Hall–Kier alpha value is -0.670. The van der Waals surface area contributed by atoms with Gasteiger partial charge in [-0.05, 0) is 30.4 Å². The quantitative estimate of drug-likeness (QED) is 0.365. The monoisotopic (exact) mass is 355 g/mol. The van der Waals surface area contributed by atoms with E-state index in [0.29, 0.717) is 13.0 Å². The van der Waals surface area contributed by atoms with Crippen LogP contribution in [-0.2, 0) is 17.5 Å². The minimum Gasteiger partial charge on any atom is -0.394 e. The van der Waals surface area contributed by atoms with E-state index in [0.717, 1.165) is 12.0 Å². The van der Waals surface area contributed by atoms with Gasteiger partial charge in [0.25, 0.3) is 0 Å². The number of unbranched alkanes of at least 4 members (excludes halogenated alkanes) is 5. The van der Waals surface area contributed by atoms with Crippen LogP contribution in [0, 0.1) is 0 Å². The third-order valence-corrected chi connectivity index (χ3v) is 6.26. The molecule has 0 amide bonds. The molecule has 5 heteroatoms. The van der Waals surface area contributed by atoms with Gasteiger partial charge in [0, 0.05) is 6.54 Å². The van der Waals surface area contributed by atoms with Crippen LogP contribution >= 0.6 is 8.03 Å². The summed E-state index contributed by atoms with van der Waals surface area (Å²) in [6.45, 7) is 4.21. The van der Waals surface area contributed by atoms with Crippen LogP contribution in [0.1, 0.15) is 69.9 Å². The van der Waals surface area contributed by atoms with Crippen LogP contribution < -0.4 is 5.32 Å². The van der Waals surface area contributed by atoms with E-state index in [2.05, 4.69) is 36.5 Å². The van der Waals surface area contributed by atoms with Crippen molar-refractivity contribution in [3.05, 3.63) is 35.4 Å². The maximum Gasteiger partial charge on any atom is 0.210 e. The molecule has 0 aliphatic rings. The second-order valence-corrected chi connectivity index (χ2v) is 8.15. The fourth-order valence-electron chi connectivity index (χ4n) is 2.79. The average Bonchev–Trinajstić information content (AvgIpc) is 2.60. The minimum atomic E-state index is -2.84. The number of aryl methyl sites for hydroxylation is 1. The highest BCUT2D eigenvalue weighted by Gasteiger charge is 2.32. The first-order chi connectivity index (χ1) is 11.6. The van der Waals surface area contributed by atoms with E-state index in [1.807, 2.05) is 6.92 Å². The van der Waals surface area contributed by atoms with Crippen molar-refractivity contribution in [1.29, 1.82) is 0 Å². The Labute approximate surface area is 147 Å². The zero-order valence-electron chi connectivity index (χ0n) is 15.2. The topological polar surface area (TPSA) is 69.6 Å². The fraction of sp³-hybridized carbons (Fsp3) is 0.684. The summed E-state index contributed by atoms with van der Waals surface area (Å²) in [5.74, 6) is 0. The third kappa shape index (κ3) is 7.06. The van der Waals surface area contributed by atoms with Crippen LogP contribution in [0.5, 0.6) is 0 Å². The van der Waals surface area contributed by atoms with Crippen LogP contribution in [0.15, 0.2) is 24.3 Å². The number of nitrogens with one attached hydrogen (secondary N) is 1. The molecule has 0 radical (unpaired) electrons. The van der Waals surface area contributed by atoms with Gasteiger partial charge in [0.05, 0.1) is 6.61 Å². The molecule has 0 spiro atoms. The predicted molar refractivity (Wildman–Crippen MR) is 102 cm³/mol. The van der Waals surface area contributed by atoms with E-state index >= 15 is 0 Å². The van der Waals surface area contributed by atoms with Crippen molar-refractivity contribution in [3.63, 3.8) is 0 Å². The number of hydrogen-bond donors (Lipinski definition) is 3. The molecular formula is C19H34NO3P. The maximum absolute atomic E-state index is 11.5. The summed E-state index contributed by atoms with van der Waals surface area (Å²) in [6, 6.07) is 8.40. The molecule has 1 rings (SSSR count). The molecule has 1 aromatic carbocycles. The standard InChI is InChI=1S/C19H34NO3P/c1-3-5-6-7-8-9-10-17-11-13-18(14-12-17)15-20-19(4-2,16-21)24(22)23/h11-14,20-21,24H,3-10,15-16H2,1-2H3,(H,22,23). The molecule has 0 saturated heterocycles. The first-order valence-electron chi connectivity index (χ1n) is 9.25. The van der Waals surface area contributed by atoms with Gasteiger partial charge in [-0.25, -0.2) is 0 Å². The Morgan fingerprint density at radius 3 is 2.12 bits per heavy atom. The largest absolute Gasteiger partial charge is 0.394 e. The molecule has 0 aliphatic heterocycles. The molecule has 138 valence electrons. The van der Waals surface area contributed by atoms with Crippen molar-refractivity contribution in [2.24, 2.45) is 0 Å². The Kier molecular flexibility index (Phi) is 10.5. The van der Waals surface area contributed by atoms with Crippen molar-refractivity contribution in [1.82, 2.24) is 5.32 Å². The highest BCUT2D eigenvalue weighted by Crippen LogP contribution is 2.35. The molecule has 0 aliphatic carbocycles. The molecule has 2 unspecified atom stereocenters. The van der Waals surface area contributed by atoms with Gasteiger partial charge < -0.3 is 10.00 Å². The fourth-order valence-corrected chi connectivity index (χ4v) is 3.47. The Morgan fingerprint density at radius 2 is 1.58 bits per heavy atom. The van der Waals surface area contributed by atoms with Gasteiger partial charge in [-0.2, -0.15) is 0 Å². The predicted octanol–water partition coefficient (Wildman–Crippen LogP) is 4.24. The molecule has 0 saturated carbocycles. The summed E-state index contributed by atoms with van der Waals surface area (Å²) in [5.41, 5.74) is 2.41. The van der Waals surface area contributed by atoms with E-state index in [1.54, 1.807) is 0 Å². The van der Waals surface area contributed by atoms with E-state index in [-0.39, 0.29) is 6.61 Å². The molecule has 0 heterocycles. The van der Waals surface area contributed by atoms with Gasteiger partial charge in [0.2, 0.25) is 8.03 Å². The second kappa shape index (κ2) is 11.8. The number of aliphatic hydroxyl groups excluding tert-OH is 1. The molecule has 0 bridgehead atoms. The summed E-state index contributed by atoms with van der Waals surface area (Å²) >= 11 is 0. The van der Waals surface area contributed by atoms with Gasteiger partial charge in [-0.1, -0.05) is 70.2 Å².